The van der Waals surface area contributed by atoms with Gasteiger partial charge >= 0.3 is 5.97 Å². The van der Waals surface area contributed by atoms with Crippen LogP contribution in [-0.4, -0.2) is 47.7 Å². The summed E-state index contributed by atoms with van der Waals surface area (Å²) >= 11 is 0. The van der Waals surface area contributed by atoms with Gasteiger partial charge in [0.15, 0.2) is 0 Å². The summed E-state index contributed by atoms with van der Waals surface area (Å²) in [5, 5.41) is 8.95. The Bertz CT molecular complexity index is 261. The van der Waals surface area contributed by atoms with Crippen molar-refractivity contribution in [3.63, 3.8) is 0 Å². The molecule has 0 saturated carbocycles. The van der Waals surface area contributed by atoms with Crippen molar-refractivity contribution in [2.45, 2.75) is 19.4 Å². The van der Waals surface area contributed by atoms with Gasteiger partial charge in [0, 0.05) is 18.9 Å². The molecule has 0 radical (unpaired) electrons. The molecule has 14 heavy (non-hydrogen) atoms. The lowest BCUT2D eigenvalue weighted by molar-refractivity contribution is -0.147. The molecule has 2 aliphatic rings. The molecule has 2 rings (SSSR count). The minimum atomic E-state index is -0.913. The normalized spacial score (nSPS) is 28.9. The third-order valence-electron chi connectivity index (χ3n) is 3.01. The molecule has 2 fully saturated rings. The minimum absolute atomic E-state index is 0.0747. The van der Waals surface area contributed by atoms with Crippen LogP contribution in [0, 0.1) is 5.41 Å². The lowest BCUT2D eigenvalue weighted by Gasteiger charge is -2.37. The Morgan fingerprint density at radius 3 is 2.43 bits per heavy atom. The highest BCUT2D eigenvalue weighted by Gasteiger charge is 2.52. The molecule has 1 atom stereocenters. The summed E-state index contributed by atoms with van der Waals surface area (Å²) in [6.07, 6.45) is 0.530. The molecule has 1 N–H and O–H groups in total. The third kappa shape index (κ3) is 1.28. The van der Waals surface area contributed by atoms with E-state index in [1.807, 2.05) is 0 Å². The molecular weight excluding hydrogens is 186 g/mol. The van der Waals surface area contributed by atoms with Gasteiger partial charge in [-0.25, -0.2) is 4.79 Å². The van der Waals surface area contributed by atoms with E-state index in [1.165, 1.54) is 11.8 Å². The first kappa shape index (κ1) is 9.45. The van der Waals surface area contributed by atoms with Crippen LogP contribution >= 0.6 is 0 Å². The van der Waals surface area contributed by atoms with E-state index >= 15 is 0 Å². The van der Waals surface area contributed by atoms with Gasteiger partial charge in [-0.05, 0) is 6.42 Å². The molecule has 0 aromatic heterocycles. The molecule has 5 nitrogen and oxygen atoms in total. The molecule has 1 amide bonds. The smallest absolute Gasteiger partial charge is 0.326 e. The van der Waals surface area contributed by atoms with E-state index in [-0.39, 0.29) is 11.3 Å². The average molecular weight is 199 g/mol. The van der Waals surface area contributed by atoms with Crippen molar-refractivity contribution in [1.82, 2.24) is 4.90 Å². The topological polar surface area (TPSA) is 66.8 Å². The number of rotatable bonds is 1. The maximum absolute atomic E-state index is 11.2. The van der Waals surface area contributed by atoms with Gasteiger partial charge in [0.05, 0.1) is 13.2 Å². The van der Waals surface area contributed by atoms with E-state index in [2.05, 4.69) is 0 Å². The summed E-state index contributed by atoms with van der Waals surface area (Å²) in [7, 11) is 0. The molecular formula is C9H13NO4. The summed E-state index contributed by atoms with van der Waals surface area (Å²) in [5.74, 6) is -1.08. The van der Waals surface area contributed by atoms with Crippen LogP contribution in [0.15, 0.2) is 0 Å². The summed E-state index contributed by atoms with van der Waals surface area (Å²) in [5.41, 5.74) is -0.0747. The van der Waals surface area contributed by atoms with Crippen molar-refractivity contribution in [3.8, 4) is 0 Å². The van der Waals surface area contributed by atoms with Gasteiger partial charge in [-0.3, -0.25) is 4.79 Å². The highest BCUT2D eigenvalue weighted by Crippen LogP contribution is 2.40. The molecule has 5 heteroatoms. The highest BCUT2D eigenvalue weighted by atomic mass is 16.5. The number of carbonyl (C=O) groups is 2. The second-order valence-corrected chi connectivity index (χ2v) is 4.20. The lowest BCUT2D eigenvalue weighted by atomic mass is 9.84. The number of hydrogen-bond donors (Lipinski definition) is 1. The fraction of sp³-hybridized carbons (Fsp3) is 0.778. The number of hydrogen-bond acceptors (Lipinski definition) is 3. The first-order valence-electron chi connectivity index (χ1n) is 4.62. The number of likely N-dealkylation sites (tertiary alicyclic amines) is 1. The lowest BCUT2D eigenvalue weighted by Crippen LogP contribution is -2.45. The Kier molecular flexibility index (Phi) is 1.99. The van der Waals surface area contributed by atoms with E-state index in [9.17, 15) is 9.59 Å². The number of aliphatic carboxylic acids is 1. The number of nitrogens with zero attached hydrogens (tertiary/aromatic N) is 1. The molecule has 1 unspecified atom stereocenters. The summed E-state index contributed by atoms with van der Waals surface area (Å²) < 4.78 is 5.09. The Morgan fingerprint density at radius 2 is 2.14 bits per heavy atom. The number of carboxylic acids is 1. The molecule has 78 valence electrons. The second-order valence-electron chi connectivity index (χ2n) is 4.20. The monoisotopic (exact) mass is 199 g/mol. The van der Waals surface area contributed by atoms with Gasteiger partial charge in [-0.15, -0.1) is 0 Å². The standard InChI is InChI=1S/C9H13NO4/c1-6(11)10-3-9(4-14-5-9)2-7(10)8(12)13/h7H,2-5H2,1H3,(H,12,13). The number of amides is 1. The largest absolute Gasteiger partial charge is 0.480 e. The summed E-state index contributed by atoms with van der Waals surface area (Å²) in [6.45, 7) is 3.11. The van der Waals surface area contributed by atoms with Crippen LogP contribution in [0.1, 0.15) is 13.3 Å². The number of ether oxygens (including phenoxy) is 1. The average Bonchev–Trinajstić information content (AvgIpc) is 2.42. The maximum atomic E-state index is 11.2. The summed E-state index contributed by atoms with van der Waals surface area (Å²) in [6, 6.07) is -0.656. The van der Waals surface area contributed by atoms with E-state index in [4.69, 9.17) is 9.84 Å². The molecule has 2 aliphatic heterocycles. The second kappa shape index (κ2) is 2.95. The zero-order valence-electron chi connectivity index (χ0n) is 8.02. The zero-order chi connectivity index (χ0) is 10.3. The molecule has 1 spiro atoms. The molecule has 0 aliphatic carbocycles. The van der Waals surface area contributed by atoms with E-state index in [0.717, 1.165) is 0 Å². The minimum Gasteiger partial charge on any atom is -0.480 e. The molecule has 2 saturated heterocycles. The van der Waals surface area contributed by atoms with Gasteiger partial charge in [-0.1, -0.05) is 0 Å². The van der Waals surface area contributed by atoms with Crippen LogP contribution in [0.25, 0.3) is 0 Å². The van der Waals surface area contributed by atoms with Gasteiger partial charge < -0.3 is 14.7 Å². The zero-order valence-corrected chi connectivity index (χ0v) is 8.02. The van der Waals surface area contributed by atoms with Gasteiger partial charge in [0.25, 0.3) is 0 Å². The van der Waals surface area contributed by atoms with Crippen LogP contribution in [-0.2, 0) is 14.3 Å². The molecule has 0 aromatic rings. The quantitative estimate of drug-likeness (QED) is 0.630. The van der Waals surface area contributed by atoms with Crippen molar-refractivity contribution >= 4 is 11.9 Å². The van der Waals surface area contributed by atoms with Crippen LogP contribution in [0.5, 0.6) is 0 Å². The maximum Gasteiger partial charge on any atom is 0.326 e. The molecule has 0 bridgehead atoms. The Balaban J connectivity index is 2.15. The Morgan fingerprint density at radius 1 is 1.50 bits per heavy atom. The first-order valence-corrected chi connectivity index (χ1v) is 4.62. The first-order chi connectivity index (χ1) is 6.54. The van der Waals surface area contributed by atoms with Crippen molar-refractivity contribution < 1.29 is 19.4 Å². The Hall–Kier alpha value is -1.10. The Labute approximate surface area is 81.6 Å². The number of carboxylic acid groups (broad SMARTS) is 1. The van der Waals surface area contributed by atoms with E-state index in [1.54, 1.807) is 0 Å². The van der Waals surface area contributed by atoms with Gasteiger partial charge in [0.2, 0.25) is 5.91 Å². The molecule has 2 heterocycles. The van der Waals surface area contributed by atoms with Crippen LogP contribution in [0.3, 0.4) is 0 Å². The SMILES string of the molecule is CC(=O)N1CC2(COC2)CC1C(=O)O. The molecule has 0 aromatic carbocycles. The predicted molar refractivity (Wildman–Crippen MR) is 46.7 cm³/mol. The van der Waals surface area contributed by atoms with Gasteiger partial charge in [0.1, 0.15) is 6.04 Å². The van der Waals surface area contributed by atoms with E-state index in [0.29, 0.717) is 26.2 Å². The van der Waals surface area contributed by atoms with Crippen molar-refractivity contribution in [1.29, 1.82) is 0 Å². The van der Waals surface area contributed by atoms with Crippen LogP contribution in [0.4, 0.5) is 0 Å². The van der Waals surface area contributed by atoms with Crippen LogP contribution < -0.4 is 0 Å². The summed E-state index contributed by atoms with van der Waals surface area (Å²) in [4.78, 5) is 23.6. The van der Waals surface area contributed by atoms with Crippen molar-refractivity contribution in [3.05, 3.63) is 0 Å². The number of carbonyl (C=O) groups excluding carboxylic acids is 1. The predicted octanol–water partition coefficient (Wildman–Crippen LogP) is -0.292. The highest BCUT2D eigenvalue weighted by molar-refractivity contribution is 5.83. The van der Waals surface area contributed by atoms with Crippen molar-refractivity contribution in [2.75, 3.05) is 19.8 Å². The van der Waals surface area contributed by atoms with Crippen molar-refractivity contribution in [2.24, 2.45) is 5.41 Å². The fourth-order valence-electron chi connectivity index (χ4n) is 2.21. The van der Waals surface area contributed by atoms with Gasteiger partial charge in [-0.2, -0.15) is 0 Å². The van der Waals surface area contributed by atoms with E-state index < -0.39 is 12.0 Å². The fourth-order valence-corrected chi connectivity index (χ4v) is 2.21. The third-order valence-corrected chi connectivity index (χ3v) is 3.01. The van der Waals surface area contributed by atoms with Crippen LogP contribution in [0.2, 0.25) is 0 Å².